The lowest BCUT2D eigenvalue weighted by Gasteiger charge is -2.22. The van der Waals surface area contributed by atoms with Gasteiger partial charge in [0.2, 0.25) is 0 Å². The van der Waals surface area contributed by atoms with Gasteiger partial charge in [-0.25, -0.2) is 0 Å². The lowest BCUT2D eigenvalue weighted by Crippen LogP contribution is -2.36. The van der Waals surface area contributed by atoms with Crippen molar-refractivity contribution in [1.29, 1.82) is 0 Å². The van der Waals surface area contributed by atoms with Gasteiger partial charge in [0, 0.05) is 17.6 Å². The van der Waals surface area contributed by atoms with Gasteiger partial charge in [0.05, 0.1) is 0 Å². The van der Waals surface area contributed by atoms with Crippen LogP contribution in [0.5, 0.6) is 5.75 Å². The van der Waals surface area contributed by atoms with E-state index in [1.54, 1.807) is 35.6 Å². The molecule has 3 rings (SSSR count). The van der Waals surface area contributed by atoms with E-state index in [2.05, 4.69) is 11.4 Å². The normalized spacial score (nSPS) is 14.0. The zero-order valence-corrected chi connectivity index (χ0v) is 13.1. The first-order valence-electron chi connectivity index (χ1n) is 6.91. The summed E-state index contributed by atoms with van der Waals surface area (Å²) in [6.45, 7) is 0.749. The molecule has 1 amide bonds. The van der Waals surface area contributed by atoms with E-state index in [4.69, 9.17) is 16.3 Å². The Kier molecular flexibility index (Phi) is 4.46. The summed E-state index contributed by atoms with van der Waals surface area (Å²) < 4.78 is 5.55. The quantitative estimate of drug-likeness (QED) is 0.805. The summed E-state index contributed by atoms with van der Waals surface area (Å²) in [7, 11) is 0. The van der Waals surface area contributed by atoms with Gasteiger partial charge in [0.15, 0.2) is 6.61 Å². The molecule has 1 saturated carbocycles. The summed E-state index contributed by atoms with van der Waals surface area (Å²) in [5, 5.41) is 4.78. The summed E-state index contributed by atoms with van der Waals surface area (Å²) in [6, 6.07) is 9.50. The van der Waals surface area contributed by atoms with Gasteiger partial charge < -0.3 is 9.64 Å². The molecule has 0 unspecified atom stereocenters. The van der Waals surface area contributed by atoms with Crippen molar-refractivity contribution in [3.8, 4) is 5.75 Å². The highest BCUT2D eigenvalue weighted by molar-refractivity contribution is 7.07. The Balaban J connectivity index is 1.58. The van der Waals surface area contributed by atoms with Crippen molar-refractivity contribution in [3.05, 3.63) is 51.7 Å². The van der Waals surface area contributed by atoms with Crippen molar-refractivity contribution in [3.63, 3.8) is 0 Å². The van der Waals surface area contributed by atoms with Crippen LogP contribution in [0.25, 0.3) is 0 Å². The number of hydrogen-bond acceptors (Lipinski definition) is 3. The maximum absolute atomic E-state index is 12.4. The lowest BCUT2D eigenvalue weighted by molar-refractivity contribution is -0.134. The zero-order valence-electron chi connectivity index (χ0n) is 11.5. The zero-order chi connectivity index (χ0) is 14.7. The van der Waals surface area contributed by atoms with Crippen LogP contribution < -0.4 is 4.74 Å². The Morgan fingerprint density at radius 1 is 1.29 bits per heavy atom. The molecule has 1 aliphatic rings. The molecule has 3 nitrogen and oxygen atoms in total. The van der Waals surface area contributed by atoms with Gasteiger partial charge in [0.25, 0.3) is 5.91 Å². The number of halogens is 1. The average Bonchev–Trinajstić information content (AvgIpc) is 3.20. The van der Waals surface area contributed by atoms with E-state index in [9.17, 15) is 4.79 Å². The summed E-state index contributed by atoms with van der Waals surface area (Å²) in [5.74, 6) is 0.706. The number of amides is 1. The van der Waals surface area contributed by atoms with Gasteiger partial charge in [-0.15, -0.1) is 0 Å². The smallest absolute Gasteiger partial charge is 0.261 e. The van der Waals surface area contributed by atoms with E-state index < -0.39 is 0 Å². The fraction of sp³-hybridized carbons (Fsp3) is 0.312. The second-order valence-electron chi connectivity index (χ2n) is 5.13. The molecule has 1 aliphatic carbocycles. The first-order chi connectivity index (χ1) is 10.2. The number of rotatable bonds is 6. The number of ether oxygens (including phenoxy) is 1. The van der Waals surface area contributed by atoms with E-state index in [1.165, 1.54) is 5.56 Å². The molecule has 1 heterocycles. The third kappa shape index (κ3) is 3.99. The number of carbonyl (C=O) groups excluding carboxylic acids is 1. The van der Waals surface area contributed by atoms with Gasteiger partial charge in [-0.05, 0) is 59.5 Å². The number of thiophene rings is 1. The van der Waals surface area contributed by atoms with Crippen LogP contribution in [0.3, 0.4) is 0 Å². The summed E-state index contributed by atoms with van der Waals surface area (Å²) in [5.41, 5.74) is 1.19. The van der Waals surface area contributed by atoms with Crippen LogP contribution in [0.15, 0.2) is 41.1 Å². The molecule has 0 bridgehead atoms. The van der Waals surface area contributed by atoms with Gasteiger partial charge in [-0.3, -0.25) is 4.79 Å². The maximum atomic E-state index is 12.4. The van der Waals surface area contributed by atoms with Crippen molar-refractivity contribution in [2.45, 2.75) is 25.4 Å². The summed E-state index contributed by atoms with van der Waals surface area (Å²) >= 11 is 7.48. The molecule has 0 spiro atoms. The second kappa shape index (κ2) is 6.50. The monoisotopic (exact) mass is 321 g/mol. The number of hydrogen-bond donors (Lipinski definition) is 0. The van der Waals surface area contributed by atoms with Crippen LogP contribution in [0, 0.1) is 0 Å². The van der Waals surface area contributed by atoms with Gasteiger partial charge in [-0.1, -0.05) is 11.6 Å². The van der Waals surface area contributed by atoms with E-state index >= 15 is 0 Å². The Morgan fingerprint density at radius 3 is 2.67 bits per heavy atom. The topological polar surface area (TPSA) is 29.5 Å². The molecule has 0 radical (unpaired) electrons. The Hall–Kier alpha value is -1.52. The molecule has 1 aromatic heterocycles. The predicted molar refractivity (Wildman–Crippen MR) is 84.8 cm³/mol. The molecule has 5 heteroatoms. The molecule has 0 atom stereocenters. The summed E-state index contributed by atoms with van der Waals surface area (Å²) in [6.07, 6.45) is 2.19. The standard InChI is InChI=1S/C16H16ClNO2S/c17-13-1-5-15(6-2-13)20-10-16(19)18(14-3-4-14)9-12-7-8-21-11-12/h1-2,5-8,11,14H,3-4,9-10H2. The van der Waals surface area contributed by atoms with Crippen LogP contribution in [-0.4, -0.2) is 23.5 Å². The fourth-order valence-corrected chi connectivity index (χ4v) is 2.93. The highest BCUT2D eigenvalue weighted by Gasteiger charge is 2.32. The third-order valence-electron chi connectivity index (χ3n) is 3.42. The van der Waals surface area contributed by atoms with Crippen LogP contribution in [-0.2, 0) is 11.3 Å². The largest absolute Gasteiger partial charge is 0.484 e. The minimum absolute atomic E-state index is 0.0404. The molecule has 0 aliphatic heterocycles. The Morgan fingerprint density at radius 2 is 2.05 bits per heavy atom. The van der Waals surface area contributed by atoms with Crippen molar-refractivity contribution in [2.24, 2.45) is 0 Å². The lowest BCUT2D eigenvalue weighted by atomic mass is 10.3. The Labute approximate surface area is 133 Å². The first-order valence-corrected chi connectivity index (χ1v) is 8.23. The second-order valence-corrected chi connectivity index (χ2v) is 6.34. The van der Waals surface area contributed by atoms with Crippen LogP contribution in [0.1, 0.15) is 18.4 Å². The van der Waals surface area contributed by atoms with Crippen LogP contribution >= 0.6 is 22.9 Å². The molecule has 1 fully saturated rings. The number of nitrogens with zero attached hydrogens (tertiary/aromatic N) is 1. The van der Waals surface area contributed by atoms with E-state index in [-0.39, 0.29) is 12.5 Å². The highest BCUT2D eigenvalue weighted by Crippen LogP contribution is 2.29. The predicted octanol–water partition coefficient (Wildman–Crippen LogP) is 3.97. The first kappa shape index (κ1) is 14.4. The maximum Gasteiger partial charge on any atom is 0.261 e. The van der Waals surface area contributed by atoms with Crippen LogP contribution in [0.4, 0.5) is 0 Å². The van der Waals surface area contributed by atoms with Crippen molar-refractivity contribution >= 4 is 28.8 Å². The van der Waals surface area contributed by atoms with Gasteiger partial charge >= 0.3 is 0 Å². The molecule has 0 N–H and O–H groups in total. The molecule has 21 heavy (non-hydrogen) atoms. The Bertz CT molecular complexity index is 593. The van der Waals surface area contributed by atoms with E-state index in [0.29, 0.717) is 23.4 Å². The summed E-state index contributed by atoms with van der Waals surface area (Å²) in [4.78, 5) is 14.3. The highest BCUT2D eigenvalue weighted by atomic mass is 35.5. The number of benzene rings is 1. The van der Waals surface area contributed by atoms with Gasteiger partial charge in [-0.2, -0.15) is 11.3 Å². The van der Waals surface area contributed by atoms with Crippen molar-refractivity contribution < 1.29 is 9.53 Å². The minimum atomic E-state index is 0.0404. The van der Waals surface area contributed by atoms with Crippen molar-refractivity contribution in [1.82, 2.24) is 4.90 Å². The van der Waals surface area contributed by atoms with Crippen LogP contribution in [0.2, 0.25) is 5.02 Å². The molecular formula is C16H16ClNO2S. The molecule has 110 valence electrons. The SMILES string of the molecule is O=C(COc1ccc(Cl)cc1)N(Cc1ccsc1)C1CC1. The number of carbonyl (C=O) groups is 1. The van der Waals surface area contributed by atoms with Crippen molar-refractivity contribution in [2.75, 3.05) is 6.61 Å². The van der Waals surface area contributed by atoms with E-state index in [0.717, 1.165) is 12.8 Å². The molecule has 1 aromatic carbocycles. The minimum Gasteiger partial charge on any atom is -0.484 e. The molecule has 0 saturated heterocycles. The molecule has 2 aromatic rings. The average molecular weight is 322 g/mol. The van der Waals surface area contributed by atoms with Gasteiger partial charge in [0.1, 0.15) is 5.75 Å². The third-order valence-corrected chi connectivity index (χ3v) is 4.40. The molecular weight excluding hydrogens is 306 g/mol. The van der Waals surface area contributed by atoms with E-state index in [1.807, 2.05) is 10.3 Å². The fourth-order valence-electron chi connectivity index (χ4n) is 2.15.